The van der Waals surface area contributed by atoms with Crippen LogP contribution in [-0.2, 0) is 28.3 Å². The lowest BCUT2D eigenvalue weighted by Gasteiger charge is -2.30. The highest BCUT2D eigenvalue weighted by atomic mass is 15.3. The lowest BCUT2D eigenvalue weighted by molar-refractivity contribution is 0.303. The number of rotatable bonds is 3. The maximum atomic E-state index is 5.00. The van der Waals surface area contributed by atoms with Gasteiger partial charge in [0, 0.05) is 28.5 Å². The zero-order chi connectivity index (χ0) is 20.1. The fourth-order valence-corrected chi connectivity index (χ4v) is 3.28. The third kappa shape index (κ3) is 4.18. The summed E-state index contributed by atoms with van der Waals surface area (Å²) in [6.45, 7) is 24.4. The van der Waals surface area contributed by atoms with E-state index in [1.807, 2.05) is 6.33 Å². The van der Waals surface area contributed by atoms with Crippen molar-refractivity contribution in [1.29, 1.82) is 0 Å². The Hall–Kier alpha value is -1.65. The highest BCUT2D eigenvalue weighted by Crippen LogP contribution is 2.32. The SMILES string of the molecule is CC(C)(C)c1nncn1C(C)(C)Cc1cc(C(C)(C)C)n(C(C)(C)C)n1. The normalized spacial score (nSPS) is 14.1. The van der Waals surface area contributed by atoms with Crippen LogP contribution in [0.25, 0.3) is 0 Å². The molecule has 2 rings (SSSR count). The van der Waals surface area contributed by atoms with E-state index < -0.39 is 0 Å². The van der Waals surface area contributed by atoms with Crippen molar-refractivity contribution < 1.29 is 0 Å². The Morgan fingerprint density at radius 3 is 1.85 bits per heavy atom. The first-order valence-corrected chi connectivity index (χ1v) is 9.54. The molecule has 0 saturated carbocycles. The van der Waals surface area contributed by atoms with Gasteiger partial charge in [0.15, 0.2) is 0 Å². The molecule has 0 aliphatic rings. The third-order valence-corrected chi connectivity index (χ3v) is 4.65. The quantitative estimate of drug-likeness (QED) is 0.790. The average Bonchev–Trinajstić information content (AvgIpc) is 3.01. The molecule has 2 aromatic rings. The second kappa shape index (κ2) is 6.21. The van der Waals surface area contributed by atoms with E-state index in [2.05, 4.69) is 102 Å². The maximum Gasteiger partial charge on any atom is 0.138 e. The first-order chi connectivity index (χ1) is 11.5. The second-order valence-corrected chi connectivity index (χ2v) is 11.1. The number of hydrogen-bond acceptors (Lipinski definition) is 3. The fourth-order valence-electron chi connectivity index (χ4n) is 3.28. The lowest BCUT2D eigenvalue weighted by Crippen LogP contribution is -2.34. The Labute approximate surface area is 159 Å². The molecular formula is C21H37N5. The van der Waals surface area contributed by atoms with Crippen molar-refractivity contribution in [3.8, 4) is 0 Å². The van der Waals surface area contributed by atoms with Crippen LogP contribution in [0.3, 0.4) is 0 Å². The molecule has 0 bridgehead atoms. The van der Waals surface area contributed by atoms with Crippen LogP contribution in [0.2, 0.25) is 0 Å². The molecule has 0 fully saturated rings. The minimum atomic E-state index is -0.154. The Morgan fingerprint density at radius 1 is 0.846 bits per heavy atom. The van der Waals surface area contributed by atoms with Crippen molar-refractivity contribution in [1.82, 2.24) is 24.5 Å². The van der Waals surface area contributed by atoms with E-state index in [0.717, 1.165) is 17.9 Å². The van der Waals surface area contributed by atoms with Crippen molar-refractivity contribution >= 4 is 0 Å². The number of hydrogen-bond donors (Lipinski definition) is 0. The van der Waals surface area contributed by atoms with Gasteiger partial charge in [-0.15, -0.1) is 10.2 Å². The molecule has 0 saturated heterocycles. The van der Waals surface area contributed by atoms with Gasteiger partial charge in [0.2, 0.25) is 0 Å². The molecule has 0 atom stereocenters. The van der Waals surface area contributed by atoms with Gasteiger partial charge in [-0.1, -0.05) is 41.5 Å². The summed E-state index contributed by atoms with van der Waals surface area (Å²) in [5, 5.41) is 13.6. The molecule has 26 heavy (non-hydrogen) atoms. The Morgan fingerprint density at radius 2 is 1.42 bits per heavy atom. The van der Waals surface area contributed by atoms with Gasteiger partial charge in [-0.25, -0.2) is 0 Å². The summed E-state index contributed by atoms with van der Waals surface area (Å²) in [6.07, 6.45) is 2.69. The van der Waals surface area contributed by atoms with E-state index in [0.29, 0.717) is 0 Å². The van der Waals surface area contributed by atoms with Crippen LogP contribution in [0.15, 0.2) is 12.4 Å². The van der Waals surface area contributed by atoms with Crippen molar-refractivity contribution in [3.63, 3.8) is 0 Å². The van der Waals surface area contributed by atoms with Gasteiger partial charge < -0.3 is 4.57 Å². The van der Waals surface area contributed by atoms with Gasteiger partial charge in [0.05, 0.1) is 11.2 Å². The van der Waals surface area contributed by atoms with Crippen molar-refractivity contribution in [2.45, 2.75) is 104 Å². The monoisotopic (exact) mass is 359 g/mol. The Balaban J connectivity index is 2.45. The molecule has 0 aliphatic carbocycles. The summed E-state index contributed by atoms with van der Waals surface area (Å²) in [4.78, 5) is 0. The molecule has 5 nitrogen and oxygen atoms in total. The molecule has 0 spiro atoms. The third-order valence-electron chi connectivity index (χ3n) is 4.65. The molecule has 2 heterocycles. The minimum Gasteiger partial charge on any atom is -0.311 e. The van der Waals surface area contributed by atoms with E-state index >= 15 is 0 Å². The van der Waals surface area contributed by atoms with Gasteiger partial charge in [-0.05, 0) is 40.7 Å². The van der Waals surface area contributed by atoms with E-state index in [1.54, 1.807) is 0 Å². The molecule has 2 aromatic heterocycles. The second-order valence-electron chi connectivity index (χ2n) is 11.1. The predicted octanol–water partition coefficient (Wildman–Crippen LogP) is 4.80. The summed E-state index contributed by atoms with van der Waals surface area (Å²) in [5.41, 5.74) is 2.19. The van der Waals surface area contributed by atoms with Crippen LogP contribution in [0.1, 0.15) is 93.4 Å². The van der Waals surface area contributed by atoms with Crippen molar-refractivity contribution in [3.05, 3.63) is 29.6 Å². The topological polar surface area (TPSA) is 48.5 Å². The van der Waals surface area contributed by atoms with Crippen LogP contribution >= 0.6 is 0 Å². The zero-order valence-electron chi connectivity index (χ0n) is 18.6. The zero-order valence-corrected chi connectivity index (χ0v) is 18.6. The highest BCUT2D eigenvalue weighted by Gasteiger charge is 2.32. The molecular weight excluding hydrogens is 322 g/mol. The Bertz CT molecular complexity index is 726. The highest BCUT2D eigenvalue weighted by molar-refractivity contribution is 5.21. The number of nitrogens with zero attached hydrogens (tertiary/aromatic N) is 5. The molecule has 0 radical (unpaired) electrons. The van der Waals surface area contributed by atoms with Gasteiger partial charge in [0.25, 0.3) is 0 Å². The first kappa shape index (κ1) is 20.7. The summed E-state index contributed by atoms with van der Waals surface area (Å²) in [6, 6.07) is 2.27. The van der Waals surface area contributed by atoms with Gasteiger partial charge in [-0.3, -0.25) is 4.68 Å². The predicted molar refractivity (Wildman–Crippen MR) is 108 cm³/mol. The number of aromatic nitrogens is 5. The molecule has 0 amide bonds. The molecule has 0 aliphatic heterocycles. The first-order valence-electron chi connectivity index (χ1n) is 9.54. The van der Waals surface area contributed by atoms with Gasteiger partial charge >= 0.3 is 0 Å². The van der Waals surface area contributed by atoms with Gasteiger partial charge in [-0.2, -0.15) is 5.10 Å². The lowest BCUT2D eigenvalue weighted by atomic mass is 9.89. The molecule has 5 heteroatoms. The fraction of sp³-hybridized carbons (Fsp3) is 0.762. The molecule has 0 unspecified atom stereocenters. The van der Waals surface area contributed by atoms with Crippen molar-refractivity contribution in [2.75, 3.05) is 0 Å². The van der Waals surface area contributed by atoms with Crippen LogP contribution in [0, 0.1) is 0 Å². The van der Waals surface area contributed by atoms with Crippen LogP contribution in [0.4, 0.5) is 0 Å². The van der Waals surface area contributed by atoms with Crippen LogP contribution < -0.4 is 0 Å². The summed E-state index contributed by atoms with van der Waals surface area (Å²) in [5.74, 6) is 1.01. The summed E-state index contributed by atoms with van der Waals surface area (Å²) < 4.78 is 4.40. The van der Waals surface area contributed by atoms with E-state index in [-0.39, 0.29) is 21.9 Å². The van der Waals surface area contributed by atoms with Crippen LogP contribution in [0.5, 0.6) is 0 Å². The molecule has 0 N–H and O–H groups in total. The minimum absolute atomic E-state index is 0.0435. The van der Waals surface area contributed by atoms with Crippen molar-refractivity contribution in [2.24, 2.45) is 0 Å². The smallest absolute Gasteiger partial charge is 0.138 e. The van der Waals surface area contributed by atoms with Gasteiger partial charge in [0.1, 0.15) is 12.2 Å². The Kier molecular flexibility index (Phi) is 4.93. The maximum absolute atomic E-state index is 5.00. The van der Waals surface area contributed by atoms with Crippen LogP contribution in [-0.4, -0.2) is 24.5 Å². The summed E-state index contributed by atoms with van der Waals surface area (Å²) >= 11 is 0. The molecule has 146 valence electrons. The van der Waals surface area contributed by atoms with E-state index in [1.165, 1.54) is 5.69 Å². The van der Waals surface area contributed by atoms with E-state index in [4.69, 9.17) is 5.10 Å². The standard InChI is InChI=1S/C21H37N5/c1-18(2,3)16-12-15(24-26(16)20(7,8)9)13-21(10,11)25-14-22-23-17(25)19(4,5)6/h12,14H,13H2,1-11H3. The van der Waals surface area contributed by atoms with E-state index in [9.17, 15) is 0 Å². The molecule has 0 aromatic carbocycles. The average molecular weight is 360 g/mol. The largest absolute Gasteiger partial charge is 0.311 e. The summed E-state index contributed by atoms with van der Waals surface area (Å²) in [7, 11) is 0.